The number of rotatable bonds is 7. The summed E-state index contributed by atoms with van der Waals surface area (Å²) in [5.74, 6) is 0.137. The average molecular weight is 251 g/mol. The van der Waals surface area contributed by atoms with Gasteiger partial charge in [0.05, 0.1) is 0 Å². The van der Waals surface area contributed by atoms with Gasteiger partial charge in [-0.05, 0) is 57.3 Å². The lowest BCUT2D eigenvalue weighted by molar-refractivity contribution is -0.0171. The molecule has 1 N–H and O–H groups in total. The van der Waals surface area contributed by atoms with Gasteiger partial charge in [-0.3, -0.25) is 0 Å². The Balaban J connectivity index is 1.90. The Morgan fingerprint density at radius 2 is 2.06 bits per heavy atom. The monoisotopic (exact) mass is 251 g/mol. The van der Waals surface area contributed by atoms with Gasteiger partial charge in [-0.2, -0.15) is 0 Å². The van der Waals surface area contributed by atoms with Gasteiger partial charge < -0.3 is 10.1 Å². The summed E-state index contributed by atoms with van der Waals surface area (Å²) >= 11 is 0. The van der Waals surface area contributed by atoms with Crippen molar-refractivity contribution in [2.45, 2.75) is 44.6 Å². The normalized spacial score (nSPS) is 17.2. The number of ether oxygens (including phenoxy) is 1. The molecule has 2 rings (SSSR count). The van der Waals surface area contributed by atoms with E-state index in [1.165, 1.54) is 12.5 Å². The molecule has 1 aromatic carbocycles. The summed E-state index contributed by atoms with van der Waals surface area (Å²) in [6.45, 7) is 4.14. The first-order chi connectivity index (χ1) is 8.76. The van der Waals surface area contributed by atoms with E-state index in [2.05, 4.69) is 12.2 Å². The van der Waals surface area contributed by atoms with Crippen molar-refractivity contribution in [3.8, 4) is 5.75 Å². The molecule has 1 fully saturated rings. The Bertz CT molecular complexity index is 377. The molecule has 1 aromatic rings. The second kappa shape index (κ2) is 6.19. The standard InChI is InChI=1S/C15H22FNO/c1-2-11-17-12-10-15(8-5-9-15)18-14-7-4-3-6-13(14)16/h3-4,6-7,17H,2,5,8-12H2,1H3. The minimum absolute atomic E-state index is 0.136. The summed E-state index contributed by atoms with van der Waals surface area (Å²) in [6, 6.07) is 6.68. The fourth-order valence-electron chi connectivity index (χ4n) is 2.35. The largest absolute Gasteiger partial charge is 0.484 e. The van der Waals surface area contributed by atoms with Gasteiger partial charge in [0.1, 0.15) is 5.60 Å². The van der Waals surface area contributed by atoms with Gasteiger partial charge in [0.15, 0.2) is 11.6 Å². The van der Waals surface area contributed by atoms with Crippen molar-refractivity contribution in [1.29, 1.82) is 0 Å². The molecular weight excluding hydrogens is 229 g/mol. The molecule has 0 aromatic heterocycles. The van der Waals surface area contributed by atoms with E-state index in [-0.39, 0.29) is 11.4 Å². The first-order valence-electron chi connectivity index (χ1n) is 6.90. The van der Waals surface area contributed by atoms with Crippen LogP contribution in [-0.4, -0.2) is 18.7 Å². The van der Waals surface area contributed by atoms with E-state index in [1.807, 2.05) is 6.07 Å². The lowest BCUT2D eigenvalue weighted by Crippen LogP contribution is -2.45. The highest BCUT2D eigenvalue weighted by Crippen LogP contribution is 2.39. The summed E-state index contributed by atoms with van der Waals surface area (Å²) in [4.78, 5) is 0. The van der Waals surface area contributed by atoms with E-state index < -0.39 is 0 Å². The van der Waals surface area contributed by atoms with Crippen molar-refractivity contribution in [3.63, 3.8) is 0 Å². The Kier molecular flexibility index (Phi) is 4.59. The molecule has 3 heteroatoms. The zero-order valence-corrected chi connectivity index (χ0v) is 11.0. The summed E-state index contributed by atoms with van der Waals surface area (Å²) in [7, 11) is 0. The molecule has 100 valence electrons. The number of para-hydroxylation sites is 1. The van der Waals surface area contributed by atoms with Gasteiger partial charge >= 0.3 is 0 Å². The van der Waals surface area contributed by atoms with E-state index in [0.29, 0.717) is 5.75 Å². The molecule has 2 nitrogen and oxygen atoms in total. The predicted octanol–water partition coefficient (Wildman–Crippen LogP) is 3.52. The number of nitrogens with one attached hydrogen (secondary N) is 1. The lowest BCUT2D eigenvalue weighted by atomic mass is 9.77. The number of hydrogen-bond acceptors (Lipinski definition) is 2. The fourth-order valence-corrected chi connectivity index (χ4v) is 2.35. The number of halogens is 1. The second-order valence-electron chi connectivity index (χ2n) is 5.07. The van der Waals surface area contributed by atoms with Crippen LogP contribution in [0.15, 0.2) is 24.3 Å². The summed E-state index contributed by atoms with van der Waals surface area (Å²) in [5, 5.41) is 3.39. The summed E-state index contributed by atoms with van der Waals surface area (Å²) in [5.41, 5.74) is -0.136. The molecule has 0 aliphatic heterocycles. The minimum atomic E-state index is -0.259. The molecule has 1 saturated carbocycles. The van der Waals surface area contributed by atoms with Crippen LogP contribution in [0.4, 0.5) is 4.39 Å². The van der Waals surface area contributed by atoms with Crippen molar-refractivity contribution in [1.82, 2.24) is 5.32 Å². The third-order valence-electron chi connectivity index (χ3n) is 3.61. The van der Waals surface area contributed by atoms with Crippen molar-refractivity contribution in [2.24, 2.45) is 0 Å². The Labute approximate surface area is 109 Å². The Morgan fingerprint density at radius 1 is 1.28 bits per heavy atom. The molecule has 0 bridgehead atoms. The van der Waals surface area contributed by atoms with Crippen LogP contribution in [0.5, 0.6) is 5.75 Å². The number of benzene rings is 1. The van der Waals surface area contributed by atoms with E-state index in [1.54, 1.807) is 12.1 Å². The van der Waals surface area contributed by atoms with Crippen LogP contribution < -0.4 is 10.1 Å². The van der Waals surface area contributed by atoms with Crippen LogP contribution in [0.3, 0.4) is 0 Å². The van der Waals surface area contributed by atoms with Crippen LogP contribution in [0.25, 0.3) is 0 Å². The van der Waals surface area contributed by atoms with Crippen molar-refractivity contribution in [2.75, 3.05) is 13.1 Å². The maximum atomic E-state index is 13.6. The zero-order valence-electron chi connectivity index (χ0n) is 11.0. The molecular formula is C15H22FNO. The molecule has 0 amide bonds. The molecule has 0 saturated heterocycles. The van der Waals surface area contributed by atoms with Gasteiger partial charge in [-0.25, -0.2) is 4.39 Å². The van der Waals surface area contributed by atoms with Gasteiger partial charge in [-0.1, -0.05) is 19.1 Å². The highest BCUT2D eigenvalue weighted by Gasteiger charge is 2.39. The van der Waals surface area contributed by atoms with Gasteiger partial charge in [0.25, 0.3) is 0 Å². The lowest BCUT2D eigenvalue weighted by Gasteiger charge is -2.42. The quantitative estimate of drug-likeness (QED) is 0.749. The zero-order chi connectivity index (χ0) is 12.8. The smallest absolute Gasteiger partial charge is 0.165 e. The van der Waals surface area contributed by atoms with Crippen molar-refractivity contribution < 1.29 is 9.13 Å². The molecule has 1 aliphatic rings. The topological polar surface area (TPSA) is 21.3 Å². The maximum absolute atomic E-state index is 13.6. The van der Waals surface area contributed by atoms with Gasteiger partial charge in [-0.15, -0.1) is 0 Å². The van der Waals surface area contributed by atoms with E-state index in [0.717, 1.165) is 38.8 Å². The Hall–Kier alpha value is -1.09. The van der Waals surface area contributed by atoms with Crippen LogP contribution in [0.1, 0.15) is 39.0 Å². The molecule has 0 heterocycles. The van der Waals surface area contributed by atoms with E-state index in [4.69, 9.17) is 4.74 Å². The van der Waals surface area contributed by atoms with E-state index >= 15 is 0 Å². The molecule has 0 unspecified atom stereocenters. The molecule has 18 heavy (non-hydrogen) atoms. The molecule has 0 spiro atoms. The van der Waals surface area contributed by atoms with Crippen LogP contribution in [-0.2, 0) is 0 Å². The Morgan fingerprint density at radius 3 is 2.67 bits per heavy atom. The number of hydrogen-bond donors (Lipinski definition) is 1. The highest BCUT2D eigenvalue weighted by atomic mass is 19.1. The van der Waals surface area contributed by atoms with Gasteiger partial charge in [0, 0.05) is 0 Å². The average Bonchev–Trinajstić information content (AvgIpc) is 2.33. The third-order valence-corrected chi connectivity index (χ3v) is 3.61. The molecule has 1 aliphatic carbocycles. The van der Waals surface area contributed by atoms with Gasteiger partial charge in [0.2, 0.25) is 0 Å². The summed E-state index contributed by atoms with van der Waals surface area (Å²) in [6.07, 6.45) is 5.36. The van der Waals surface area contributed by atoms with E-state index in [9.17, 15) is 4.39 Å². The van der Waals surface area contributed by atoms with Crippen molar-refractivity contribution >= 4 is 0 Å². The third kappa shape index (κ3) is 3.22. The molecule has 0 atom stereocenters. The second-order valence-corrected chi connectivity index (χ2v) is 5.07. The van der Waals surface area contributed by atoms with Crippen molar-refractivity contribution in [3.05, 3.63) is 30.1 Å². The van der Waals surface area contributed by atoms with Crippen LogP contribution in [0, 0.1) is 5.82 Å². The maximum Gasteiger partial charge on any atom is 0.165 e. The first kappa shape index (κ1) is 13.3. The first-order valence-corrected chi connectivity index (χ1v) is 6.90. The fraction of sp³-hybridized carbons (Fsp3) is 0.600. The van der Waals surface area contributed by atoms with Crippen LogP contribution >= 0.6 is 0 Å². The summed E-state index contributed by atoms with van der Waals surface area (Å²) < 4.78 is 19.5. The highest BCUT2D eigenvalue weighted by molar-refractivity contribution is 5.25. The minimum Gasteiger partial charge on any atom is -0.484 e. The van der Waals surface area contributed by atoms with Crippen LogP contribution in [0.2, 0.25) is 0 Å². The SMILES string of the molecule is CCCNCCC1(Oc2ccccc2F)CCC1. The molecule has 0 radical (unpaired) electrons. The predicted molar refractivity (Wildman–Crippen MR) is 71.4 cm³/mol.